The molecule has 4 N–H and O–H groups in total. The third-order valence-electron chi connectivity index (χ3n) is 11.3. The minimum atomic E-state index is -4.80. The number of unbranched alkanes of at least 4 members (excludes halogenated alkanes) is 22. The van der Waals surface area contributed by atoms with Gasteiger partial charge in [0, 0.05) is 54.2 Å². The van der Waals surface area contributed by atoms with E-state index in [1.807, 2.05) is 0 Å². The average Bonchev–Trinajstić information content (AvgIpc) is 3.55. The molecule has 367 valence electrons. The zero-order valence-electron chi connectivity index (χ0n) is 40.4. The standard InChI is InChI=1S/C49H84N3O11P.Na/c1-4-6-8-10-12-14-16-18-20-22-24-26-28-30-32-34-45(53)59-38-42(62-46(54)35-33-31-29-27-25-23-21-19-17-15-13-11-9-7-5-2)39-60-64(57,58)61-40-43-47(55)41(3)48(63-43)52-37-36-44(50)51-49(52)56;/h18-21,36-37,42-43,47-48,55H,3-17,22-35,38-40H2,1-2H3,(H,57,58)(H2,50,51,56);/b20-18-,21-19-;/t42-,43-,47+,48-;/m1./s1. The van der Waals surface area contributed by atoms with Crippen LogP contribution in [0.4, 0.5) is 5.82 Å². The maximum absolute atomic E-state index is 12.9. The molecule has 1 aliphatic heterocycles. The summed E-state index contributed by atoms with van der Waals surface area (Å²) in [7, 11) is -4.80. The fourth-order valence-electron chi connectivity index (χ4n) is 7.37. The van der Waals surface area contributed by atoms with Crippen molar-refractivity contribution in [1.29, 1.82) is 0 Å². The van der Waals surface area contributed by atoms with Gasteiger partial charge in [-0.1, -0.05) is 147 Å². The van der Waals surface area contributed by atoms with Crippen LogP contribution in [0.3, 0.4) is 0 Å². The Morgan fingerprint density at radius 2 is 1.23 bits per heavy atom. The molecule has 0 aliphatic carbocycles. The second kappa shape index (κ2) is 38.8. The Bertz CT molecular complexity index is 1590. The number of phosphoric ester groups is 1. The fourth-order valence-corrected chi connectivity index (χ4v) is 8.14. The van der Waals surface area contributed by atoms with E-state index in [9.17, 15) is 28.9 Å². The molecule has 1 unspecified atom stereocenters. The summed E-state index contributed by atoms with van der Waals surface area (Å²) < 4.78 is 41.0. The van der Waals surface area contributed by atoms with Crippen LogP contribution in [0, 0.1) is 0 Å². The van der Waals surface area contributed by atoms with Crippen LogP contribution in [0.1, 0.15) is 200 Å². The van der Waals surface area contributed by atoms with Crippen LogP contribution in [-0.2, 0) is 37.4 Å². The van der Waals surface area contributed by atoms with Crippen LogP contribution in [0.2, 0.25) is 0 Å². The van der Waals surface area contributed by atoms with Gasteiger partial charge >= 0.3 is 25.5 Å². The molecule has 2 rings (SSSR count). The van der Waals surface area contributed by atoms with Gasteiger partial charge in [0.25, 0.3) is 0 Å². The molecule has 5 atom stereocenters. The Labute approximate surface area is 412 Å². The van der Waals surface area contributed by atoms with Crippen molar-refractivity contribution in [3.8, 4) is 0 Å². The number of hydrogen-bond donors (Lipinski definition) is 3. The van der Waals surface area contributed by atoms with Gasteiger partial charge in [-0.05, 0) is 70.3 Å². The number of carbonyl (C=O) groups excluding carboxylic acids is 2. The van der Waals surface area contributed by atoms with E-state index >= 15 is 0 Å². The molecule has 1 saturated heterocycles. The summed E-state index contributed by atoms with van der Waals surface area (Å²) in [4.78, 5) is 52.0. The molecule has 1 radical (unpaired) electrons. The van der Waals surface area contributed by atoms with E-state index in [0.717, 1.165) is 81.6 Å². The van der Waals surface area contributed by atoms with Gasteiger partial charge in [-0.3, -0.25) is 23.2 Å². The van der Waals surface area contributed by atoms with Crippen LogP contribution in [0.15, 0.2) is 53.5 Å². The number of nitrogens with two attached hydrogens (primary N) is 1. The van der Waals surface area contributed by atoms with E-state index in [-0.39, 0.29) is 60.4 Å². The number of hydrogen-bond acceptors (Lipinski definition) is 12. The Morgan fingerprint density at radius 1 is 0.769 bits per heavy atom. The molecule has 0 aromatic carbocycles. The normalized spacial score (nSPS) is 17.7. The fraction of sp³-hybridized carbons (Fsp3) is 0.755. The van der Waals surface area contributed by atoms with E-state index in [0.29, 0.717) is 12.8 Å². The molecule has 0 spiro atoms. The van der Waals surface area contributed by atoms with Crippen LogP contribution in [0.5, 0.6) is 0 Å². The summed E-state index contributed by atoms with van der Waals surface area (Å²) >= 11 is 0. The predicted octanol–water partition coefficient (Wildman–Crippen LogP) is 10.9. The van der Waals surface area contributed by atoms with Crippen LogP contribution in [-0.4, -0.2) is 99.2 Å². The van der Waals surface area contributed by atoms with Crippen molar-refractivity contribution < 1.29 is 47.4 Å². The maximum Gasteiger partial charge on any atom is 0.472 e. The zero-order chi connectivity index (χ0) is 46.7. The zero-order valence-corrected chi connectivity index (χ0v) is 43.3. The Hall–Kier alpha value is -2.13. The van der Waals surface area contributed by atoms with Gasteiger partial charge in [-0.25, -0.2) is 9.36 Å². The number of phosphoric acid groups is 1. The maximum atomic E-state index is 12.9. The molecule has 1 fully saturated rings. The molecule has 1 aromatic heterocycles. The number of anilines is 1. The number of allylic oxidation sites excluding steroid dienone is 4. The monoisotopic (exact) mass is 945 g/mol. The van der Waals surface area contributed by atoms with Crippen LogP contribution >= 0.6 is 7.82 Å². The topological polar surface area (TPSA) is 199 Å². The first-order valence-electron chi connectivity index (χ1n) is 24.6. The molecule has 1 aliphatic rings. The van der Waals surface area contributed by atoms with Crippen molar-refractivity contribution in [2.45, 2.75) is 218 Å². The summed E-state index contributed by atoms with van der Waals surface area (Å²) in [5.74, 6) is -0.992. The van der Waals surface area contributed by atoms with Crippen molar-refractivity contribution in [1.82, 2.24) is 9.55 Å². The Morgan fingerprint density at radius 3 is 1.72 bits per heavy atom. The van der Waals surface area contributed by atoms with E-state index < -0.39 is 63.2 Å². The minimum Gasteiger partial charge on any atom is -0.462 e. The quantitative estimate of drug-likeness (QED) is 0.0185. The van der Waals surface area contributed by atoms with E-state index in [1.165, 1.54) is 89.3 Å². The number of nitrogen functional groups attached to an aromatic ring is 1. The van der Waals surface area contributed by atoms with E-state index in [1.54, 1.807) is 0 Å². The number of ether oxygens (including phenoxy) is 3. The molecule has 2 heterocycles. The van der Waals surface area contributed by atoms with Crippen molar-refractivity contribution in [2.24, 2.45) is 0 Å². The van der Waals surface area contributed by atoms with Gasteiger partial charge < -0.3 is 29.9 Å². The first-order chi connectivity index (χ1) is 31.0. The SMILES string of the molecule is C=C1[C@H](n2ccc(N)nc2=O)O[C@H](COP(=O)(O)OC[C@@H](COC(=O)CCCCCCC/C=C\CCCCCCCC)OC(=O)CCCCCCC/C=C\CCCCCCCC)[C@H]1O.[Na]. The third-order valence-corrected chi connectivity index (χ3v) is 12.2. The molecular weight excluding hydrogens is 861 g/mol. The van der Waals surface area contributed by atoms with Crippen LogP contribution in [0.25, 0.3) is 0 Å². The molecule has 1 aromatic rings. The number of aliphatic hydroxyl groups excluding tert-OH is 1. The molecule has 0 bridgehead atoms. The van der Waals surface area contributed by atoms with Crippen molar-refractivity contribution in [3.63, 3.8) is 0 Å². The Kier molecular flexibility index (Phi) is 36.3. The number of aromatic nitrogens is 2. The Balaban J connectivity index is 0.0000211. The summed E-state index contributed by atoms with van der Waals surface area (Å²) in [6, 6.07) is 1.38. The van der Waals surface area contributed by atoms with E-state index in [4.69, 9.17) is 29.0 Å². The summed E-state index contributed by atoms with van der Waals surface area (Å²) in [6.07, 6.45) is 35.5. The average molecular weight is 945 g/mol. The second-order valence-electron chi connectivity index (χ2n) is 17.1. The van der Waals surface area contributed by atoms with Crippen molar-refractivity contribution in [3.05, 3.63) is 59.2 Å². The van der Waals surface area contributed by atoms with Crippen molar-refractivity contribution in [2.75, 3.05) is 25.6 Å². The molecule has 0 saturated carbocycles. The minimum absolute atomic E-state index is 0. The number of esters is 2. The van der Waals surface area contributed by atoms with Gasteiger partial charge in [-0.15, -0.1) is 0 Å². The molecule has 0 amide bonds. The summed E-state index contributed by atoms with van der Waals surface area (Å²) in [6.45, 7) is 6.70. The molecule has 65 heavy (non-hydrogen) atoms. The summed E-state index contributed by atoms with van der Waals surface area (Å²) in [5, 5.41) is 10.7. The van der Waals surface area contributed by atoms with Gasteiger partial charge in [0.05, 0.1) is 13.2 Å². The first kappa shape index (κ1) is 60.9. The first-order valence-corrected chi connectivity index (χ1v) is 26.1. The predicted molar refractivity (Wildman–Crippen MR) is 259 cm³/mol. The number of aliphatic hydroxyl groups is 1. The summed E-state index contributed by atoms with van der Waals surface area (Å²) in [5.41, 5.74) is 4.94. The largest absolute Gasteiger partial charge is 0.472 e. The molecule has 16 heteroatoms. The van der Waals surface area contributed by atoms with Crippen LogP contribution < -0.4 is 11.4 Å². The number of carbonyl (C=O) groups is 2. The number of nitrogens with zero attached hydrogens (tertiary/aromatic N) is 2. The van der Waals surface area contributed by atoms with Gasteiger partial charge in [0.2, 0.25) is 0 Å². The second-order valence-corrected chi connectivity index (χ2v) is 18.6. The van der Waals surface area contributed by atoms with E-state index in [2.05, 4.69) is 49.7 Å². The molecule has 14 nitrogen and oxygen atoms in total. The van der Waals surface area contributed by atoms with Gasteiger partial charge in [0.1, 0.15) is 24.6 Å². The third kappa shape index (κ3) is 30.1. The number of rotatable bonds is 40. The van der Waals surface area contributed by atoms with Gasteiger partial charge in [-0.2, -0.15) is 4.98 Å². The smallest absolute Gasteiger partial charge is 0.462 e. The van der Waals surface area contributed by atoms with Crippen molar-refractivity contribution >= 4 is 55.1 Å². The van der Waals surface area contributed by atoms with Gasteiger partial charge in [0.15, 0.2) is 12.3 Å². The molecular formula is C49H84N3NaO11P.